The molecular formula is C44H58F2N6O7S. The van der Waals surface area contributed by atoms with Gasteiger partial charge in [-0.2, -0.15) is 22.6 Å². The highest BCUT2D eigenvalue weighted by atomic mass is 32.1. The molecule has 4 aromatic rings. The third-order valence-corrected chi connectivity index (χ3v) is 10.3. The summed E-state index contributed by atoms with van der Waals surface area (Å²) >= 11 is 3.53. The topological polar surface area (TPSA) is 121 Å². The van der Waals surface area contributed by atoms with Crippen molar-refractivity contribution in [3.8, 4) is 41.2 Å². The molecule has 3 fully saturated rings. The first-order valence-corrected chi connectivity index (χ1v) is 21.2. The number of terminal acetylenes is 1. The maximum atomic E-state index is 17.4. The van der Waals surface area contributed by atoms with Crippen LogP contribution in [0.25, 0.3) is 32.9 Å². The number of benzene rings is 2. The SMILES string of the molecule is C#Cc1c(F)ccc2cc(OCOC)cc(-c3nc(OC)c4c(N5CCN(C(=O)OC(C)(C)C)CC5)nc(OCC5(CN6CCCOCC6)CC5)nc4c3F)c12.CC.CS. The van der Waals surface area contributed by atoms with Gasteiger partial charge in [0.1, 0.15) is 39.6 Å². The molecule has 0 atom stereocenters. The number of hydrogen-bond donors (Lipinski definition) is 1. The second kappa shape index (κ2) is 20.7. The van der Waals surface area contributed by atoms with Crippen molar-refractivity contribution >= 4 is 46.2 Å². The molecule has 2 aliphatic heterocycles. The Labute approximate surface area is 357 Å². The minimum Gasteiger partial charge on any atom is -0.480 e. The predicted octanol–water partition coefficient (Wildman–Crippen LogP) is 7.61. The molecule has 0 spiro atoms. The van der Waals surface area contributed by atoms with Gasteiger partial charge in [-0.15, -0.1) is 6.42 Å². The molecule has 4 heterocycles. The number of amides is 1. The van der Waals surface area contributed by atoms with Crippen LogP contribution in [0.15, 0.2) is 24.3 Å². The van der Waals surface area contributed by atoms with Gasteiger partial charge in [-0.25, -0.2) is 18.6 Å². The summed E-state index contributed by atoms with van der Waals surface area (Å²) in [7, 11) is 2.90. The van der Waals surface area contributed by atoms with Crippen LogP contribution in [-0.2, 0) is 14.2 Å². The van der Waals surface area contributed by atoms with E-state index >= 15 is 8.78 Å². The second-order valence-electron chi connectivity index (χ2n) is 15.5. The highest BCUT2D eigenvalue weighted by Gasteiger charge is 2.45. The number of ether oxygens (including phenoxy) is 6. The Bertz CT molecular complexity index is 2140. The summed E-state index contributed by atoms with van der Waals surface area (Å²) in [6, 6.07) is 6.00. The Morgan fingerprint density at radius 3 is 2.35 bits per heavy atom. The lowest BCUT2D eigenvalue weighted by atomic mass is 9.95. The van der Waals surface area contributed by atoms with Gasteiger partial charge in [0.05, 0.1) is 25.9 Å². The van der Waals surface area contributed by atoms with Gasteiger partial charge in [-0.3, -0.25) is 0 Å². The van der Waals surface area contributed by atoms with Crippen LogP contribution in [0.3, 0.4) is 0 Å². The first kappa shape index (κ1) is 46.4. The van der Waals surface area contributed by atoms with Crippen molar-refractivity contribution in [3.63, 3.8) is 0 Å². The smallest absolute Gasteiger partial charge is 0.410 e. The molecule has 326 valence electrons. The average Bonchev–Trinajstić information content (AvgIpc) is 4.07. The van der Waals surface area contributed by atoms with E-state index in [-0.39, 0.29) is 57.2 Å². The fraction of sp³-hybridized carbons (Fsp3) is 0.545. The van der Waals surface area contributed by atoms with E-state index in [1.54, 1.807) is 29.4 Å². The van der Waals surface area contributed by atoms with Crippen molar-refractivity contribution < 1.29 is 42.0 Å². The van der Waals surface area contributed by atoms with Gasteiger partial charge in [-0.1, -0.05) is 25.8 Å². The third-order valence-electron chi connectivity index (χ3n) is 10.3. The molecule has 0 radical (unpaired) electrons. The van der Waals surface area contributed by atoms with Crippen LogP contribution >= 0.6 is 12.6 Å². The van der Waals surface area contributed by atoms with Crippen molar-refractivity contribution in [3.05, 3.63) is 41.5 Å². The van der Waals surface area contributed by atoms with Gasteiger partial charge in [0.2, 0.25) is 5.88 Å². The number of pyridine rings is 1. The lowest BCUT2D eigenvalue weighted by Crippen LogP contribution is -2.50. The van der Waals surface area contributed by atoms with Crippen LogP contribution in [0.2, 0.25) is 0 Å². The Kier molecular flexibility index (Phi) is 16.0. The number of carbonyl (C=O) groups is 1. The molecule has 2 aromatic heterocycles. The number of carbonyl (C=O) groups excluding carboxylic acids is 1. The summed E-state index contributed by atoms with van der Waals surface area (Å²) in [5.41, 5.74) is -0.908. The summed E-state index contributed by atoms with van der Waals surface area (Å²) in [5.74, 6) is 1.67. The standard InChI is InChI=1S/C41H48F2N6O7.C2H6.CH4S/c1-7-28-30(42)10-9-26-21-27(55-25-51-5)22-29(31(26)28)34-33(43)35-32(37(44-34)52-6)36(48-14-16-49(17-15-48)39(50)56-40(2,3)4)46-38(45-35)54-24-41(11-12-41)23-47-13-8-19-53-20-18-47;2*1-2/h1,9-10,21-22H,8,11-20,23-25H2,2-6H3;1-2H3;2H,1H3. The van der Waals surface area contributed by atoms with E-state index in [1.807, 2.05) is 39.5 Å². The summed E-state index contributed by atoms with van der Waals surface area (Å²) in [5, 5.41) is 0.991. The van der Waals surface area contributed by atoms with Crippen LogP contribution in [0.1, 0.15) is 59.4 Å². The van der Waals surface area contributed by atoms with Gasteiger partial charge in [-0.05, 0) is 69.9 Å². The minimum atomic E-state index is -0.815. The normalized spacial score (nSPS) is 16.4. The monoisotopic (exact) mass is 852 g/mol. The van der Waals surface area contributed by atoms with E-state index in [2.05, 4.69) is 33.4 Å². The minimum absolute atomic E-state index is 0.0111. The number of rotatable bonds is 11. The maximum Gasteiger partial charge on any atom is 0.410 e. The zero-order chi connectivity index (χ0) is 43.6. The predicted molar refractivity (Wildman–Crippen MR) is 232 cm³/mol. The Morgan fingerprint density at radius 2 is 1.70 bits per heavy atom. The van der Waals surface area contributed by atoms with Crippen molar-refractivity contribution in [2.75, 3.05) is 97.8 Å². The Balaban J connectivity index is 0.00000166. The molecule has 1 amide bonds. The summed E-state index contributed by atoms with van der Waals surface area (Å²) < 4.78 is 67.0. The fourth-order valence-corrected chi connectivity index (χ4v) is 7.27. The number of anilines is 1. The van der Waals surface area contributed by atoms with E-state index in [4.69, 9.17) is 39.8 Å². The molecule has 0 bridgehead atoms. The van der Waals surface area contributed by atoms with Crippen LogP contribution in [0.4, 0.5) is 19.4 Å². The second-order valence-corrected chi connectivity index (χ2v) is 15.5. The van der Waals surface area contributed by atoms with Crippen molar-refractivity contribution in [2.24, 2.45) is 5.41 Å². The largest absolute Gasteiger partial charge is 0.480 e. The quantitative estimate of drug-likeness (QED) is 0.0909. The van der Waals surface area contributed by atoms with Crippen LogP contribution in [-0.4, -0.2) is 129 Å². The first-order chi connectivity index (χ1) is 28.9. The van der Waals surface area contributed by atoms with E-state index in [1.165, 1.54) is 20.3 Å². The number of thiol groups is 1. The molecule has 1 aliphatic carbocycles. The van der Waals surface area contributed by atoms with Crippen molar-refractivity contribution in [2.45, 2.75) is 59.5 Å². The van der Waals surface area contributed by atoms with E-state index in [0.717, 1.165) is 45.5 Å². The zero-order valence-corrected chi connectivity index (χ0v) is 36.9. The highest BCUT2D eigenvalue weighted by Crippen LogP contribution is 2.47. The molecule has 2 saturated heterocycles. The van der Waals surface area contributed by atoms with Crippen molar-refractivity contribution in [1.82, 2.24) is 24.8 Å². The molecular weight excluding hydrogens is 795 g/mol. The first-order valence-electron chi connectivity index (χ1n) is 20.3. The van der Waals surface area contributed by atoms with Crippen LogP contribution < -0.4 is 19.1 Å². The van der Waals surface area contributed by atoms with Gasteiger partial charge in [0.25, 0.3) is 0 Å². The van der Waals surface area contributed by atoms with Gasteiger partial charge in [0.15, 0.2) is 12.6 Å². The number of aromatic nitrogens is 3. The molecule has 1 saturated carbocycles. The van der Waals surface area contributed by atoms with E-state index in [0.29, 0.717) is 56.3 Å². The van der Waals surface area contributed by atoms with Crippen LogP contribution in [0.5, 0.6) is 17.6 Å². The number of fused-ring (bicyclic) bond motifs is 2. The van der Waals surface area contributed by atoms with E-state index < -0.39 is 23.3 Å². The summed E-state index contributed by atoms with van der Waals surface area (Å²) in [4.78, 5) is 33.1. The summed E-state index contributed by atoms with van der Waals surface area (Å²) in [6.45, 7) is 15.2. The molecule has 2 aromatic carbocycles. The number of halogens is 2. The lowest BCUT2D eigenvalue weighted by molar-refractivity contribution is 0.0240. The molecule has 0 N–H and O–H groups in total. The fourth-order valence-electron chi connectivity index (χ4n) is 7.27. The van der Waals surface area contributed by atoms with Gasteiger partial charge < -0.3 is 43.1 Å². The number of hydrogen-bond acceptors (Lipinski definition) is 13. The summed E-state index contributed by atoms with van der Waals surface area (Å²) in [6.07, 6.45) is 10.0. The van der Waals surface area contributed by atoms with Crippen LogP contribution in [0, 0.1) is 29.4 Å². The maximum absolute atomic E-state index is 17.4. The van der Waals surface area contributed by atoms with E-state index in [9.17, 15) is 4.79 Å². The molecule has 7 rings (SSSR count). The number of nitrogens with zero attached hydrogens (tertiary/aromatic N) is 6. The average molecular weight is 853 g/mol. The number of piperazine rings is 1. The Hall–Kier alpha value is -4.69. The number of methoxy groups -OCH3 is 2. The molecule has 60 heavy (non-hydrogen) atoms. The third kappa shape index (κ3) is 10.8. The zero-order valence-electron chi connectivity index (χ0n) is 36.0. The lowest BCUT2D eigenvalue weighted by Gasteiger charge is -2.36. The molecule has 16 heteroatoms. The van der Waals surface area contributed by atoms with Gasteiger partial charge in [0, 0.05) is 75.9 Å². The van der Waals surface area contributed by atoms with Crippen molar-refractivity contribution in [1.29, 1.82) is 0 Å². The van der Waals surface area contributed by atoms with Gasteiger partial charge >= 0.3 is 12.1 Å². The highest BCUT2D eigenvalue weighted by molar-refractivity contribution is 7.79. The molecule has 0 unspecified atom stereocenters. The molecule has 13 nitrogen and oxygen atoms in total. The molecule has 3 aliphatic rings. The Morgan fingerprint density at radius 1 is 0.967 bits per heavy atom.